The summed E-state index contributed by atoms with van der Waals surface area (Å²) in [4.78, 5) is 14.2. The van der Waals surface area contributed by atoms with Gasteiger partial charge in [-0.1, -0.05) is 30.3 Å². The summed E-state index contributed by atoms with van der Waals surface area (Å²) in [7, 11) is 0. The fourth-order valence-electron chi connectivity index (χ4n) is 2.38. The molecule has 0 heterocycles. The van der Waals surface area contributed by atoms with Crippen molar-refractivity contribution in [1.82, 2.24) is 4.90 Å². The monoisotopic (exact) mass is 277 g/mol. The fraction of sp³-hybridized carbons (Fsp3) is 0.562. The molecule has 20 heavy (non-hydrogen) atoms. The van der Waals surface area contributed by atoms with Gasteiger partial charge in [0.1, 0.15) is 6.10 Å². The first-order valence-electron chi connectivity index (χ1n) is 7.29. The van der Waals surface area contributed by atoms with Crippen LogP contribution < -0.4 is 0 Å². The first-order chi connectivity index (χ1) is 9.72. The van der Waals surface area contributed by atoms with Gasteiger partial charge in [-0.3, -0.25) is 4.79 Å². The van der Waals surface area contributed by atoms with Crippen molar-refractivity contribution < 1.29 is 14.6 Å². The Labute approximate surface area is 120 Å². The van der Waals surface area contributed by atoms with Gasteiger partial charge in [0.05, 0.1) is 13.2 Å². The van der Waals surface area contributed by atoms with Gasteiger partial charge in [0.15, 0.2) is 0 Å². The maximum atomic E-state index is 12.4. The topological polar surface area (TPSA) is 49.8 Å². The highest BCUT2D eigenvalue weighted by atomic mass is 16.5. The second kappa shape index (κ2) is 7.41. The highest BCUT2D eigenvalue weighted by molar-refractivity contribution is 5.81. The summed E-state index contributed by atoms with van der Waals surface area (Å²) in [6.45, 7) is 2.63. The minimum Gasteiger partial charge on any atom is -0.395 e. The van der Waals surface area contributed by atoms with E-state index in [9.17, 15) is 4.79 Å². The van der Waals surface area contributed by atoms with Crippen molar-refractivity contribution >= 4 is 5.91 Å². The lowest BCUT2D eigenvalue weighted by atomic mass is 9.91. The number of aliphatic hydroxyl groups is 1. The standard InChI is InChI=1S/C16H23NO3/c1-13(20-12-14-6-3-2-4-7-14)16(19)17(10-11-18)15-8-5-9-15/h2-4,6-7,13,15,18H,5,8-12H2,1H3. The average molecular weight is 277 g/mol. The van der Waals surface area contributed by atoms with Gasteiger partial charge in [-0.2, -0.15) is 0 Å². The lowest BCUT2D eigenvalue weighted by Crippen LogP contribution is -2.49. The quantitative estimate of drug-likeness (QED) is 0.829. The molecule has 1 fully saturated rings. The first-order valence-corrected chi connectivity index (χ1v) is 7.29. The summed E-state index contributed by atoms with van der Waals surface area (Å²) in [6, 6.07) is 10.1. The van der Waals surface area contributed by atoms with Crippen LogP contribution in [0, 0.1) is 0 Å². The molecule has 1 aromatic carbocycles. The summed E-state index contributed by atoms with van der Waals surface area (Å²) in [5.41, 5.74) is 1.06. The van der Waals surface area contributed by atoms with Crippen LogP contribution in [0.1, 0.15) is 31.7 Å². The lowest BCUT2D eigenvalue weighted by molar-refractivity contribution is -0.148. The van der Waals surface area contributed by atoms with Crippen LogP contribution in [0.2, 0.25) is 0 Å². The Kier molecular flexibility index (Phi) is 5.56. The molecule has 0 saturated heterocycles. The number of amides is 1. The second-order valence-corrected chi connectivity index (χ2v) is 5.28. The average Bonchev–Trinajstić information content (AvgIpc) is 2.42. The van der Waals surface area contributed by atoms with E-state index in [0.717, 1.165) is 18.4 Å². The van der Waals surface area contributed by atoms with Crippen LogP contribution in [0.4, 0.5) is 0 Å². The van der Waals surface area contributed by atoms with Gasteiger partial charge in [-0.05, 0) is 31.7 Å². The van der Waals surface area contributed by atoms with E-state index in [2.05, 4.69) is 0 Å². The molecule has 1 atom stereocenters. The number of carbonyl (C=O) groups is 1. The molecule has 1 unspecified atom stereocenters. The van der Waals surface area contributed by atoms with Crippen LogP contribution in [0.3, 0.4) is 0 Å². The molecule has 0 bridgehead atoms. The number of hydrogen-bond acceptors (Lipinski definition) is 3. The molecule has 0 radical (unpaired) electrons. The zero-order valence-electron chi connectivity index (χ0n) is 12.0. The molecule has 1 amide bonds. The molecular formula is C16H23NO3. The molecule has 0 spiro atoms. The van der Waals surface area contributed by atoms with Crippen LogP contribution in [-0.2, 0) is 16.1 Å². The van der Waals surface area contributed by atoms with Crippen molar-refractivity contribution in [3.8, 4) is 0 Å². The van der Waals surface area contributed by atoms with E-state index in [1.165, 1.54) is 6.42 Å². The molecule has 1 aliphatic rings. The smallest absolute Gasteiger partial charge is 0.251 e. The summed E-state index contributed by atoms with van der Waals surface area (Å²) < 4.78 is 5.66. The molecule has 1 saturated carbocycles. The third-order valence-corrected chi connectivity index (χ3v) is 3.83. The highest BCUT2D eigenvalue weighted by Gasteiger charge is 2.31. The summed E-state index contributed by atoms with van der Waals surface area (Å²) in [6.07, 6.45) is 2.77. The largest absolute Gasteiger partial charge is 0.395 e. The van der Waals surface area contributed by atoms with E-state index >= 15 is 0 Å². The van der Waals surface area contributed by atoms with Gasteiger partial charge in [-0.25, -0.2) is 0 Å². The van der Waals surface area contributed by atoms with Crippen LogP contribution in [0.15, 0.2) is 30.3 Å². The van der Waals surface area contributed by atoms with E-state index in [0.29, 0.717) is 13.2 Å². The third kappa shape index (κ3) is 3.81. The minimum atomic E-state index is -0.470. The van der Waals surface area contributed by atoms with Gasteiger partial charge in [0.2, 0.25) is 0 Å². The zero-order chi connectivity index (χ0) is 14.4. The summed E-state index contributed by atoms with van der Waals surface area (Å²) >= 11 is 0. The maximum absolute atomic E-state index is 12.4. The Hall–Kier alpha value is -1.39. The lowest BCUT2D eigenvalue weighted by Gasteiger charge is -2.38. The molecule has 0 aliphatic heterocycles. The fourth-order valence-corrected chi connectivity index (χ4v) is 2.38. The SMILES string of the molecule is CC(OCc1ccccc1)C(=O)N(CCO)C1CCC1. The van der Waals surface area contributed by atoms with E-state index in [-0.39, 0.29) is 18.6 Å². The molecule has 2 rings (SSSR count). The Bertz CT molecular complexity index is 417. The second-order valence-electron chi connectivity index (χ2n) is 5.28. The van der Waals surface area contributed by atoms with Gasteiger partial charge in [0, 0.05) is 12.6 Å². The van der Waals surface area contributed by atoms with Crippen molar-refractivity contribution in [2.75, 3.05) is 13.2 Å². The van der Waals surface area contributed by atoms with E-state index in [1.54, 1.807) is 11.8 Å². The molecule has 110 valence electrons. The van der Waals surface area contributed by atoms with Crippen LogP contribution >= 0.6 is 0 Å². The number of aliphatic hydroxyl groups excluding tert-OH is 1. The van der Waals surface area contributed by atoms with Gasteiger partial charge >= 0.3 is 0 Å². The third-order valence-electron chi connectivity index (χ3n) is 3.83. The Morgan fingerprint density at radius 1 is 1.40 bits per heavy atom. The van der Waals surface area contributed by atoms with Crippen molar-refractivity contribution in [3.05, 3.63) is 35.9 Å². The first kappa shape index (κ1) is 15.0. The highest BCUT2D eigenvalue weighted by Crippen LogP contribution is 2.25. The molecule has 1 N–H and O–H groups in total. The minimum absolute atomic E-state index is 0.00758. The molecule has 4 heteroatoms. The molecule has 4 nitrogen and oxygen atoms in total. The van der Waals surface area contributed by atoms with Gasteiger partial charge < -0.3 is 14.7 Å². The molecule has 1 aromatic rings. The Balaban J connectivity index is 1.86. The Morgan fingerprint density at radius 3 is 2.65 bits per heavy atom. The molecular weight excluding hydrogens is 254 g/mol. The Morgan fingerprint density at radius 2 is 2.10 bits per heavy atom. The van der Waals surface area contributed by atoms with E-state index in [1.807, 2.05) is 30.3 Å². The van der Waals surface area contributed by atoms with Crippen molar-refractivity contribution in [2.45, 2.75) is 44.9 Å². The van der Waals surface area contributed by atoms with E-state index < -0.39 is 6.10 Å². The molecule has 0 aromatic heterocycles. The summed E-state index contributed by atoms with van der Waals surface area (Å²) in [5.74, 6) is -0.0142. The maximum Gasteiger partial charge on any atom is 0.251 e. The van der Waals surface area contributed by atoms with Gasteiger partial charge in [0.25, 0.3) is 5.91 Å². The van der Waals surface area contributed by atoms with Crippen LogP contribution in [0.5, 0.6) is 0 Å². The summed E-state index contributed by atoms with van der Waals surface area (Å²) in [5, 5.41) is 9.11. The normalized spacial score (nSPS) is 16.5. The van der Waals surface area contributed by atoms with Crippen LogP contribution in [-0.4, -0.2) is 41.2 Å². The van der Waals surface area contributed by atoms with Gasteiger partial charge in [-0.15, -0.1) is 0 Å². The number of ether oxygens (including phenoxy) is 1. The number of hydrogen-bond donors (Lipinski definition) is 1. The zero-order valence-corrected chi connectivity index (χ0v) is 12.0. The van der Waals surface area contributed by atoms with Crippen molar-refractivity contribution in [2.24, 2.45) is 0 Å². The number of carbonyl (C=O) groups excluding carboxylic acids is 1. The predicted molar refractivity (Wildman–Crippen MR) is 77.1 cm³/mol. The van der Waals surface area contributed by atoms with Crippen molar-refractivity contribution in [3.63, 3.8) is 0 Å². The van der Waals surface area contributed by atoms with Crippen molar-refractivity contribution in [1.29, 1.82) is 0 Å². The number of rotatable bonds is 7. The predicted octanol–water partition coefficient (Wildman–Crippen LogP) is 1.97. The number of nitrogens with zero attached hydrogens (tertiary/aromatic N) is 1. The van der Waals surface area contributed by atoms with Crippen LogP contribution in [0.25, 0.3) is 0 Å². The van der Waals surface area contributed by atoms with E-state index in [4.69, 9.17) is 9.84 Å². The number of benzene rings is 1. The molecule has 1 aliphatic carbocycles.